The molecule has 0 spiro atoms. The molecule has 0 radical (unpaired) electrons. The standard InChI is InChI=1S/C9H14N2O/c1-11(10)6-5-8-3-2-4-9(12)7-8/h2-4,7,12H,5-6,10H2,1H3. The Morgan fingerprint density at radius 2 is 2.25 bits per heavy atom. The van der Waals surface area contributed by atoms with Crippen molar-refractivity contribution >= 4 is 0 Å². The summed E-state index contributed by atoms with van der Waals surface area (Å²) in [6, 6.07) is 7.23. The van der Waals surface area contributed by atoms with Gasteiger partial charge in [0.05, 0.1) is 0 Å². The molecule has 1 rings (SSSR count). The minimum atomic E-state index is 0.312. The summed E-state index contributed by atoms with van der Waals surface area (Å²) < 4.78 is 0. The number of hydrogen-bond acceptors (Lipinski definition) is 3. The molecular weight excluding hydrogens is 152 g/mol. The van der Waals surface area contributed by atoms with Crippen LogP contribution in [-0.4, -0.2) is 23.7 Å². The molecule has 66 valence electrons. The van der Waals surface area contributed by atoms with Gasteiger partial charge in [0.15, 0.2) is 0 Å². The Morgan fingerprint density at radius 3 is 2.83 bits per heavy atom. The number of nitrogens with two attached hydrogens (primary N) is 1. The average molecular weight is 166 g/mol. The van der Waals surface area contributed by atoms with E-state index in [9.17, 15) is 0 Å². The van der Waals surface area contributed by atoms with Crippen LogP contribution in [0.5, 0.6) is 5.75 Å². The number of hydrogen-bond donors (Lipinski definition) is 2. The molecule has 0 saturated heterocycles. The second-order valence-electron chi connectivity index (χ2n) is 2.90. The summed E-state index contributed by atoms with van der Waals surface area (Å²) in [6.45, 7) is 0.795. The van der Waals surface area contributed by atoms with E-state index in [-0.39, 0.29) is 0 Å². The first kappa shape index (κ1) is 9.03. The Labute approximate surface area is 72.4 Å². The van der Waals surface area contributed by atoms with Crippen molar-refractivity contribution in [1.29, 1.82) is 0 Å². The lowest BCUT2D eigenvalue weighted by molar-refractivity contribution is 0.353. The van der Waals surface area contributed by atoms with Crippen molar-refractivity contribution < 1.29 is 5.11 Å². The number of benzene rings is 1. The predicted molar refractivity (Wildman–Crippen MR) is 48.6 cm³/mol. The van der Waals surface area contributed by atoms with Crippen molar-refractivity contribution in [2.45, 2.75) is 6.42 Å². The van der Waals surface area contributed by atoms with E-state index in [1.54, 1.807) is 17.1 Å². The van der Waals surface area contributed by atoms with Gasteiger partial charge in [0.2, 0.25) is 0 Å². The van der Waals surface area contributed by atoms with Crippen LogP contribution >= 0.6 is 0 Å². The first-order chi connectivity index (χ1) is 5.68. The van der Waals surface area contributed by atoms with Crippen LogP contribution in [0.15, 0.2) is 24.3 Å². The highest BCUT2D eigenvalue weighted by Gasteiger charge is 1.95. The minimum Gasteiger partial charge on any atom is -0.508 e. The minimum absolute atomic E-state index is 0.312. The van der Waals surface area contributed by atoms with Crippen LogP contribution in [-0.2, 0) is 6.42 Å². The van der Waals surface area contributed by atoms with Gasteiger partial charge >= 0.3 is 0 Å². The normalized spacial score (nSPS) is 10.6. The van der Waals surface area contributed by atoms with Gasteiger partial charge in [-0.25, -0.2) is 5.01 Å². The van der Waals surface area contributed by atoms with Gasteiger partial charge in [0.25, 0.3) is 0 Å². The van der Waals surface area contributed by atoms with Crippen LogP contribution in [0, 0.1) is 0 Å². The Hall–Kier alpha value is -1.06. The molecule has 3 nitrogen and oxygen atoms in total. The summed E-state index contributed by atoms with van der Waals surface area (Å²) in [4.78, 5) is 0. The van der Waals surface area contributed by atoms with E-state index in [1.165, 1.54) is 0 Å². The molecule has 3 N–H and O–H groups in total. The zero-order chi connectivity index (χ0) is 8.97. The number of rotatable bonds is 3. The molecule has 0 amide bonds. The average Bonchev–Trinajstić information content (AvgIpc) is 2.01. The molecule has 0 aliphatic rings. The van der Waals surface area contributed by atoms with E-state index in [4.69, 9.17) is 10.9 Å². The summed E-state index contributed by atoms with van der Waals surface area (Å²) in [5.41, 5.74) is 1.10. The highest BCUT2D eigenvalue weighted by Crippen LogP contribution is 2.10. The molecule has 0 aliphatic heterocycles. The van der Waals surface area contributed by atoms with Crippen LogP contribution in [0.25, 0.3) is 0 Å². The number of aromatic hydroxyl groups is 1. The van der Waals surface area contributed by atoms with Gasteiger partial charge in [0, 0.05) is 13.6 Å². The van der Waals surface area contributed by atoms with E-state index >= 15 is 0 Å². The van der Waals surface area contributed by atoms with Crippen LogP contribution in [0.1, 0.15) is 5.56 Å². The van der Waals surface area contributed by atoms with Crippen molar-refractivity contribution in [3.63, 3.8) is 0 Å². The fourth-order valence-corrected chi connectivity index (χ4v) is 1.02. The highest BCUT2D eigenvalue weighted by molar-refractivity contribution is 5.27. The van der Waals surface area contributed by atoms with Gasteiger partial charge < -0.3 is 5.11 Å². The number of hydrazine groups is 1. The van der Waals surface area contributed by atoms with Crippen LogP contribution < -0.4 is 5.84 Å². The molecule has 0 bridgehead atoms. The Bertz CT molecular complexity index is 248. The van der Waals surface area contributed by atoms with Gasteiger partial charge in [-0.3, -0.25) is 5.84 Å². The van der Waals surface area contributed by atoms with Gasteiger partial charge in [-0.05, 0) is 24.1 Å². The highest BCUT2D eigenvalue weighted by atomic mass is 16.3. The van der Waals surface area contributed by atoms with E-state index < -0.39 is 0 Å². The monoisotopic (exact) mass is 166 g/mol. The van der Waals surface area contributed by atoms with E-state index in [2.05, 4.69) is 0 Å². The molecule has 0 saturated carbocycles. The maximum Gasteiger partial charge on any atom is 0.115 e. The summed E-state index contributed by atoms with van der Waals surface area (Å²) in [5.74, 6) is 5.76. The topological polar surface area (TPSA) is 49.5 Å². The summed E-state index contributed by atoms with van der Waals surface area (Å²) in [5, 5.41) is 10.8. The molecule has 3 heteroatoms. The molecule has 0 heterocycles. The molecule has 0 fully saturated rings. The van der Waals surface area contributed by atoms with Crippen LogP contribution in [0.2, 0.25) is 0 Å². The van der Waals surface area contributed by atoms with Crippen molar-refractivity contribution in [3.8, 4) is 5.75 Å². The Kier molecular flexibility index (Phi) is 3.08. The molecule has 0 aliphatic carbocycles. The van der Waals surface area contributed by atoms with Crippen molar-refractivity contribution in [3.05, 3.63) is 29.8 Å². The fraction of sp³-hybridized carbons (Fsp3) is 0.333. The number of phenols is 1. The summed E-state index contributed by atoms with van der Waals surface area (Å²) in [7, 11) is 1.82. The lowest BCUT2D eigenvalue weighted by Gasteiger charge is -2.08. The van der Waals surface area contributed by atoms with E-state index in [1.807, 2.05) is 19.2 Å². The molecule has 0 aromatic heterocycles. The van der Waals surface area contributed by atoms with Gasteiger partial charge in [-0.15, -0.1) is 0 Å². The Morgan fingerprint density at radius 1 is 1.50 bits per heavy atom. The lowest BCUT2D eigenvalue weighted by atomic mass is 10.1. The maximum atomic E-state index is 9.13. The number of nitrogens with zero attached hydrogens (tertiary/aromatic N) is 1. The second-order valence-corrected chi connectivity index (χ2v) is 2.90. The van der Waals surface area contributed by atoms with Crippen LogP contribution in [0.4, 0.5) is 0 Å². The maximum absolute atomic E-state index is 9.13. The van der Waals surface area contributed by atoms with E-state index in [0.717, 1.165) is 18.5 Å². The van der Waals surface area contributed by atoms with Crippen molar-refractivity contribution in [2.24, 2.45) is 5.84 Å². The van der Waals surface area contributed by atoms with Crippen molar-refractivity contribution in [1.82, 2.24) is 5.01 Å². The molecule has 0 atom stereocenters. The lowest BCUT2D eigenvalue weighted by Crippen LogP contribution is -2.28. The number of phenolic OH excluding ortho intramolecular Hbond substituents is 1. The van der Waals surface area contributed by atoms with Gasteiger partial charge in [-0.2, -0.15) is 0 Å². The van der Waals surface area contributed by atoms with Gasteiger partial charge in [-0.1, -0.05) is 12.1 Å². The third-order valence-corrected chi connectivity index (χ3v) is 1.66. The largest absolute Gasteiger partial charge is 0.508 e. The smallest absolute Gasteiger partial charge is 0.115 e. The first-order valence-corrected chi connectivity index (χ1v) is 3.92. The quantitative estimate of drug-likeness (QED) is 0.514. The van der Waals surface area contributed by atoms with Crippen molar-refractivity contribution in [2.75, 3.05) is 13.6 Å². The summed E-state index contributed by atoms with van der Waals surface area (Å²) >= 11 is 0. The van der Waals surface area contributed by atoms with E-state index in [0.29, 0.717) is 5.75 Å². The van der Waals surface area contributed by atoms with Crippen LogP contribution in [0.3, 0.4) is 0 Å². The zero-order valence-corrected chi connectivity index (χ0v) is 7.20. The predicted octanol–water partition coefficient (Wildman–Crippen LogP) is 0.740. The second kappa shape index (κ2) is 4.09. The third kappa shape index (κ3) is 2.90. The fourth-order valence-electron chi connectivity index (χ4n) is 1.02. The molecule has 0 unspecified atom stereocenters. The van der Waals surface area contributed by atoms with Gasteiger partial charge in [0.1, 0.15) is 5.75 Å². The third-order valence-electron chi connectivity index (χ3n) is 1.66. The first-order valence-electron chi connectivity index (χ1n) is 3.92. The molecular formula is C9H14N2O. The SMILES string of the molecule is CN(N)CCc1cccc(O)c1. The molecule has 1 aromatic carbocycles. The molecule has 12 heavy (non-hydrogen) atoms. The zero-order valence-electron chi connectivity index (χ0n) is 7.20. The summed E-state index contributed by atoms with van der Waals surface area (Å²) in [6.07, 6.45) is 0.862. The Balaban J connectivity index is 2.52. The molecule has 1 aromatic rings. The number of likely N-dealkylation sites (N-methyl/N-ethyl adjacent to an activating group) is 1.